The lowest BCUT2D eigenvalue weighted by atomic mass is 10.1. The Hall–Kier alpha value is -0.960. The van der Waals surface area contributed by atoms with E-state index >= 15 is 0 Å². The van der Waals surface area contributed by atoms with Gasteiger partial charge in [0.15, 0.2) is 0 Å². The average molecular weight is 134 g/mol. The quantitative estimate of drug-likeness (QED) is 0.539. The van der Waals surface area contributed by atoms with Crippen molar-refractivity contribution in [1.29, 1.82) is 0 Å². The summed E-state index contributed by atoms with van der Waals surface area (Å²) in [6, 6.07) is 0. The van der Waals surface area contributed by atoms with Crippen LogP contribution in [0.25, 0.3) is 0 Å². The molecule has 1 N–H and O–H groups in total. The van der Waals surface area contributed by atoms with Crippen molar-refractivity contribution in [2.24, 2.45) is 0 Å². The molecule has 0 aliphatic carbocycles. The van der Waals surface area contributed by atoms with Gasteiger partial charge >= 0.3 is 0 Å². The Morgan fingerprint density at radius 1 is 1.60 bits per heavy atom. The van der Waals surface area contributed by atoms with Gasteiger partial charge in [0.1, 0.15) is 6.20 Å². The molecule has 0 saturated carbocycles. The van der Waals surface area contributed by atoms with Crippen molar-refractivity contribution in [2.75, 3.05) is 6.54 Å². The molecule has 1 aliphatic heterocycles. The fourth-order valence-electron chi connectivity index (χ4n) is 1.14. The van der Waals surface area contributed by atoms with Gasteiger partial charge in [-0.1, -0.05) is 0 Å². The smallest absolute Gasteiger partial charge is 0.117 e. The summed E-state index contributed by atoms with van der Waals surface area (Å²) in [6.07, 6.45) is 5.72. The van der Waals surface area contributed by atoms with Crippen molar-refractivity contribution in [3.63, 3.8) is 0 Å². The molecule has 2 rings (SSSR count). The second-order valence-corrected chi connectivity index (χ2v) is 2.39. The Bertz CT molecular complexity index is 209. The number of hydrogen-bond acceptors (Lipinski definition) is 3. The van der Waals surface area contributed by atoms with Crippen LogP contribution in [0.2, 0.25) is 0 Å². The number of nitrogens with one attached hydrogen (secondary N) is 1. The molecule has 0 atom stereocenters. The maximum atomic E-state index is 3.75. The molecule has 0 fully saturated rings. The summed E-state index contributed by atoms with van der Waals surface area (Å²) >= 11 is 0. The normalized spacial score (nSPS) is 16.4. The highest BCUT2D eigenvalue weighted by molar-refractivity contribution is 5.21. The van der Waals surface area contributed by atoms with Crippen LogP contribution in [0.3, 0.4) is 0 Å². The molecule has 0 aromatic carbocycles. The summed E-state index contributed by atoms with van der Waals surface area (Å²) in [4.78, 5) is 0. The fourth-order valence-corrected chi connectivity index (χ4v) is 1.14. The van der Waals surface area contributed by atoms with Crippen molar-refractivity contribution >= 4 is 0 Å². The average Bonchev–Trinajstić information content (AvgIpc) is 2.05. The van der Waals surface area contributed by atoms with Crippen LogP contribution in [0.15, 0.2) is 6.20 Å². The summed E-state index contributed by atoms with van der Waals surface area (Å²) < 4.78 is 0. The lowest BCUT2D eigenvalue weighted by Crippen LogP contribution is -2.23. The van der Waals surface area contributed by atoms with Gasteiger partial charge in [0, 0.05) is 6.54 Å². The van der Waals surface area contributed by atoms with E-state index in [2.05, 4.69) is 21.7 Å². The molecule has 10 heavy (non-hydrogen) atoms. The molecule has 0 unspecified atom stereocenters. The van der Waals surface area contributed by atoms with Gasteiger partial charge in [0.25, 0.3) is 0 Å². The summed E-state index contributed by atoms with van der Waals surface area (Å²) in [7, 11) is 0. The molecule has 51 valence electrons. The van der Waals surface area contributed by atoms with Gasteiger partial charge in [0.05, 0.1) is 6.20 Å². The standard InChI is InChI=1S/C7H8N3/c1-2-8-3-7-5-10-9-4-6(1)7/h5,8H,1-3H2. The Balaban J connectivity index is 2.41. The van der Waals surface area contributed by atoms with E-state index in [1.807, 2.05) is 0 Å². The lowest BCUT2D eigenvalue weighted by molar-refractivity contribution is 0.633. The maximum Gasteiger partial charge on any atom is 0.117 e. The van der Waals surface area contributed by atoms with Crippen LogP contribution in [0.1, 0.15) is 11.1 Å². The van der Waals surface area contributed by atoms with Gasteiger partial charge in [-0.25, -0.2) is 0 Å². The van der Waals surface area contributed by atoms with Crippen LogP contribution in [-0.4, -0.2) is 16.7 Å². The highest BCUT2D eigenvalue weighted by Gasteiger charge is 2.07. The van der Waals surface area contributed by atoms with E-state index in [4.69, 9.17) is 0 Å². The fraction of sp³-hybridized carbons (Fsp3) is 0.429. The Labute approximate surface area is 59.5 Å². The summed E-state index contributed by atoms with van der Waals surface area (Å²) in [5.41, 5.74) is 2.45. The van der Waals surface area contributed by atoms with Gasteiger partial charge < -0.3 is 5.32 Å². The van der Waals surface area contributed by atoms with Crippen molar-refractivity contribution in [2.45, 2.75) is 13.0 Å². The number of hydrogen-bond donors (Lipinski definition) is 1. The molecule has 1 aliphatic rings. The van der Waals surface area contributed by atoms with Gasteiger partial charge in [0.2, 0.25) is 0 Å². The Kier molecular flexibility index (Phi) is 1.36. The van der Waals surface area contributed by atoms with Crippen molar-refractivity contribution in [3.8, 4) is 0 Å². The molecule has 1 radical (unpaired) electrons. The Morgan fingerprint density at radius 2 is 2.60 bits per heavy atom. The van der Waals surface area contributed by atoms with E-state index in [0.717, 1.165) is 19.5 Å². The van der Waals surface area contributed by atoms with Crippen molar-refractivity contribution in [3.05, 3.63) is 23.5 Å². The predicted molar refractivity (Wildman–Crippen MR) is 36.3 cm³/mol. The topological polar surface area (TPSA) is 37.8 Å². The summed E-state index contributed by atoms with van der Waals surface area (Å²) in [6.45, 7) is 1.95. The summed E-state index contributed by atoms with van der Waals surface area (Å²) in [5, 5.41) is 10.7. The zero-order chi connectivity index (χ0) is 6.81. The SMILES string of the molecule is [c]1nncc2c1CCNC2. The third kappa shape index (κ3) is 0.885. The number of rotatable bonds is 0. The monoisotopic (exact) mass is 134 g/mol. The largest absolute Gasteiger partial charge is 0.312 e. The summed E-state index contributed by atoms with van der Waals surface area (Å²) in [5.74, 6) is 0. The first-order valence-electron chi connectivity index (χ1n) is 3.38. The first-order valence-corrected chi connectivity index (χ1v) is 3.38. The molecule has 0 saturated heterocycles. The second kappa shape index (κ2) is 2.34. The molecule has 0 spiro atoms. The number of aromatic nitrogens is 2. The highest BCUT2D eigenvalue weighted by Crippen LogP contribution is 2.08. The van der Waals surface area contributed by atoms with Crippen LogP contribution in [0.4, 0.5) is 0 Å². The molecule has 0 amide bonds. The third-order valence-electron chi connectivity index (χ3n) is 1.71. The highest BCUT2D eigenvalue weighted by atomic mass is 15.1. The van der Waals surface area contributed by atoms with Gasteiger partial charge in [-0.05, 0) is 24.1 Å². The van der Waals surface area contributed by atoms with E-state index in [1.165, 1.54) is 11.1 Å². The second-order valence-electron chi connectivity index (χ2n) is 2.39. The third-order valence-corrected chi connectivity index (χ3v) is 1.71. The molecular weight excluding hydrogens is 126 g/mol. The number of fused-ring (bicyclic) bond motifs is 1. The maximum absolute atomic E-state index is 3.75. The molecular formula is C7H8N3. The zero-order valence-corrected chi connectivity index (χ0v) is 5.59. The zero-order valence-electron chi connectivity index (χ0n) is 5.59. The molecule has 3 heteroatoms. The van der Waals surface area contributed by atoms with Gasteiger partial charge in [-0.2, -0.15) is 5.10 Å². The van der Waals surface area contributed by atoms with E-state index in [0.29, 0.717) is 0 Å². The molecule has 1 aromatic heterocycles. The molecule has 2 heterocycles. The predicted octanol–water partition coefficient (Wildman–Crippen LogP) is -0.0775. The van der Waals surface area contributed by atoms with Gasteiger partial charge in [-0.15, -0.1) is 5.10 Å². The van der Waals surface area contributed by atoms with E-state index in [9.17, 15) is 0 Å². The Morgan fingerprint density at radius 3 is 3.50 bits per heavy atom. The van der Waals surface area contributed by atoms with Crippen LogP contribution in [0.5, 0.6) is 0 Å². The van der Waals surface area contributed by atoms with E-state index < -0.39 is 0 Å². The van der Waals surface area contributed by atoms with Crippen LogP contribution < -0.4 is 5.32 Å². The van der Waals surface area contributed by atoms with Gasteiger partial charge in [-0.3, -0.25) is 0 Å². The molecule has 1 aromatic rings. The van der Waals surface area contributed by atoms with Crippen LogP contribution >= 0.6 is 0 Å². The number of nitrogens with zero attached hydrogens (tertiary/aromatic N) is 2. The van der Waals surface area contributed by atoms with E-state index in [-0.39, 0.29) is 0 Å². The minimum Gasteiger partial charge on any atom is -0.312 e. The minimum absolute atomic E-state index is 0.918. The molecule has 3 nitrogen and oxygen atoms in total. The van der Waals surface area contributed by atoms with Crippen LogP contribution in [-0.2, 0) is 13.0 Å². The van der Waals surface area contributed by atoms with Crippen LogP contribution in [0, 0.1) is 6.20 Å². The first-order chi connectivity index (χ1) is 4.97. The minimum atomic E-state index is 0.918. The first kappa shape index (κ1) is 5.80. The van der Waals surface area contributed by atoms with E-state index in [1.54, 1.807) is 6.20 Å². The lowest BCUT2D eigenvalue weighted by Gasteiger charge is -2.13. The molecule has 0 bridgehead atoms. The van der Waals surface area contributed by atoms with Crippen molar-refractivity contribution < 1.29 is 0 Å². The van der Waals surface area contributed by atoms with Crippen molar-refractivity contribution in [1.82, 2.24) is 15.5 Å².